The highest BCUT2D eigenvalue weighted by atomic mass is 16.5. The molecule has 76 valence electrons. The number of hydrogen-bond donors (Lipinski definition) is 1. The van der Waals surface area contributed by atoms with Crippen molar-refractivity contribution in [2.45, 2.75) is 0 Å². The van der Waals surface area contributed by atoms with Crippen LogP contribution in [0.15, 0.2) is 0 Å². The maximum atomic E-state index is 5.14. The molecule has 0 spiro atoms. The molecule has 4 nitrogen and oxygen atoms in total. The van der Waals surface area contributed by atoms with E-state index in [1.165, 1.54) is 0 Å². The largest absolute Gasteiger partial charge is 0.382 e. The highest BCUT2D eigenvalue weighted by molar-refractivity contribution is 4.30. The first-order chi connectivity index (χ1) is 5.65. The zero-order valence-corrected chi connectivity index (χ0v) is 8.67. The molecule has 0 amide bonds. The van der Waals surface area contributed by atoms with E-state index in [1.807, 2.05) is 26.0 Å². The van der Waals surface area contributed by atoms with Gasteiger partial charge in [0.2, 0.25) is 0 Å². The SMILES string of the molecule is CN(C)C.COCCOCCN. The van der Waals surface area contributed by atoms with E-state index in [0.29, 0.717) is 26.4 Å². The molecule has 2 N–H and O–H groups in total. The minimum absolute atomic E-state index is 0.587. The lowest BCUT2D eigenvalue weighted by Gasteiger charge is -1.98. The van der Waals surface area contributed by atoms with Gasteiger partial charge in [0.15, 0.2) is 0 Å². The van der Waals surface area contributed by atoms with Gasteiger partial charge in [-0.15, -0.1) is 0 Å². The first-order valence-electron chi connectivity index (χ1n) is 4.02. The van der Waals surface area contributed by atoms with Gasteiger partial charge in [-0.05, 0) is 21.1 Å². The highest BCUT2D eigenvalue weighted by Gasteiger charge is 1.81. The van der Waals surface area contributed by atoms with Gasteiger partial charge in [0.1, 0.15) is 0 Å². The molecule has 0 aliphatic heterocycles. The second-order valence-electron chi connectivity index (χ2n) is 2.74. The van der Waals surface area contributed by atoms with E-state index in [9.17, 15) is 0 Å². The molecular weight excluding hydrogens is 156 g/mol. The molecule has 0 saturated heterocycles. The summed E-state index contributed by atoms with van der Waals surface area (Å²) in [5.41, 5.74) is 5.14. The lowest BCUT2D eigenvalue weighted by Crippen LogP contribution is -2.11. The van der Waals surface area contributed by atoms with Crippen LogP contribution in [0.25, 0.3) is 0 Å². The predicted molar refractivity (Wildman–Crippen MR) is 51.4 cm³/mol. The molecular formula is C8H22N2O2. The van der Waals surface area contributed by atoms with Crippen molar-refractivity contribution in [3.8, 4) is 0 Å². The molecule has 0 unspecified atom stereocenters. The van der Waals surface area contributed by atoms with Gasteiger partial charge < -0.3 is 20.1 Å². The van der Waals surface area contributed by atoms with Crippen molar-refractivity contribution in [3.63, 3.8) is 0 Å². The average Bonchev–Trinajstić information content (AvgIpc) is 1.97. The van der Waals surface area contributed by atoms with Gasteiger partial charge >= 0.3 is 0 Å². The van der Waals surface area contributed by atoms with Crippen LogP contribution in [0.4, 0.5) is 0 Å². The predicted octanol–water partition coefficient (Wildman–Crippen LogP) is -0.214. The van der Waals surface area contributed by atoms with Crippen LogP contribution in [-0.4, -0.2) is 59.5 Å². The van der Waals surface area contributed by atoms with Crippen LogP contribution in [0, 0.1) is 0 Å². The van der Waals surface area contributed by atoms with Crippen molar-refractivity contribution in [1.29, 1.82) is 0 Å². The van der Waals surface area contributed by atoms with Gasteiger partial charge in [0.25, 0.3) is 0 Å². The summed E-state index contributed by atoms with van der Waals surface area (Å²) in [4.78, 5) is 2.00. The molecule has 0 bridgehead atoms. The molecule has 4 heteroatoms. The minimum atomic E-state index is 0.587. The van der Waals surface area contributed by atoms with Crippen molar-refractivity contribution in [3.05, 3.63) is 0 Å². The van der Waals surface area contributed by atoms with Gasteiger partial charge in [-0.25, -0.2) is 0 Å². The molecule has 12 heavy (non-hydrogen) atoms. The summed E-state index contributed by atoms with van der Waals surface area (Å²) in [5.74, 6) is 0. The number of rotatable bonds is 5. The molecule has 0 aliphatic carbocycles. The maximum absolute atomic E-state index is 5.14. The number of nitrogens with zero attached hydrogens (tertiary/aromatic N) is 1. The van der Waals surface area contributed by atoms with Crippen molar-refractivity contribution in [2.24, 2.45) is 5.73 Å². The van der Waals surface area contributed by atoms with E-state index < -0.39 is 0 Å². The van der Waals surface area contributed by atoms with E-state index >= 15 is 0 Å². The Kier molecular flexibility index (Phi) is 16.1. The third-order valence-electron chi connectivity index (χ3n) is 0.694. The summed E-state index contributed by atoms with van der Waals surface area (Å²) in [6.45, 7) is 2.51. The Balaban J connectivity index is 0. The normalized spacial score (nSPS) is 9.50. The molecule has 0 atom stereocenters. The second-order valence-corrected chi connectivity index (χ2v) is 2.74. The fourth-order valence-electron chi connectivity index (χ4n) is 0.328. The molecule has 0 radical (unpaired) electrons. The van der Waals surface area contributed by atoms with E-state index in [1.54, 1.807) is 7.11 Å². The Morgan fingerprint density at radius 2 is 1.58 bits per heavy atom. The summed E-state index contributed by atoms with van der Waals surface area (Å²) in [6, 6.07) is 0. The Hall–Kier alpha value is -0.160. The van der Waals surface area contributed by atoms with Crippen molar-refractivity contribution in [2.75, 3.05) is 54.6 Å². The van der Waals surface area contributed by atoms with Gasteiger partial charge in [-0.3, -0.25) is 0 Å². The zero-order valence-electron chi connectivity index (χ0n) is 8.67. The lowest BCUT2D eigenvalue weighted by molar-refractivity contribution is 0.0747. The maximum Gasteiger partial charge on any atom is 0.0700 e. The monoisotopic (exact) mass is 178 g/mol. The van der Waals surface area contributed by atoms with E-state index in [2.05, 4.69) is 0 Å². The quantitative estimate of drug-likeness (QED) is 0.592. The van der Waals surface area contributed by atoms with Crippen molar-refractivity contribution in [1.82, 2.24) is 4.90 Å². The summed E-state index contributed by atoms with van der Waals surface area (Å²) in [5, 5.41) is 0. The molecule has 0 aliphatic rings. The topological polar surface area (TPSA) is 47.7 Å². The third kappa shape index (κ3) is 32.8. The number of hydrogen-bond acceptors (Lipinski definition) is 4. The Bertz CT molecular complexity index is 61.3. The second kappa shape index (κ2) is 13.4. The van der Waals surface area contributed by atoms with Crippen LogP contribution in [0.2, 0.25) is 0 Å². The van der Waals surface area contributed by atoms with Gasteiger partial charge in [0, 0.05) is 13.7 Å². The Labute approximate surface area is 75.6 Å². The molecule has 0 aromatic carbocycles. The number of nitrogens with two attached hydrogens (primary N) is 1. The summed E-state index contributed by atoms with van der Waals surface area (Å²) in [7, 11) is 7.64. The van der Waals surface area contributed by atoms with Crippen LogP contribution in [0.1, 0.15) is 0 Å². The summed E-state index contributed by atoms with van der Waals surface area (Å²) < 4.78 is 9.70. The average molecular weight is 178 g/mol. The molecule has 0 rings (SSSR count). The van der Waals surface area contributed by atoms with Crippen LogP contribution in [0.3, 0.4) is 0 Å². The third-order valence-corrected chi connectivity index (χ3v) is 0.694. The lowest BCUT2D eigenvalue weighted by atomic mass is 10.7. The molecule has 0 aromatic rings. The van der Waals surface area contributed by atoms with Crippen LogP contribution in [-0.2, 0) is 9.47 Å². The van der Waals surface area contributed by atoms with E-state index in [4.69, 9.17) is 15.2 Å². The fourth-order valence-corrected chi connectivity index (χ4v) is 0.328. The Morgan fingerprint density at radius 1 is 1.08 bits per heavy atom. The van der Waals surface area contributed by atoms with Crippen LogP contribution in [0.5, 0.6) is 0 Å². The van der Waals surface area contributed by atoms with Gasteiger partial charge in [-0.1, -0.05) is 0 Å². The Morgan fingerprint density at radius 3 is 1.92 bits per heavy atom. The van der Waals surface area contributed by atoms with E-state index in [0.717, 1.165) is 0 Å². The zero-order chi connectivity index (χ0) is 9.82. The molecule has 0 fully saturated rings. The molecule has 0 aromatic heterocycles. The van der Waals surface area contributed by atoms with Crippen LogP contribution >= 0.6 is 0 Å². The van der Waals surface area contributed by atoms with E-state index in [-0.39, 0.29) is 0 Å². The van der Waals surface area contributed by atoms with Crippen molar-refractivity contribution < 1.29 is 9.47 Å². The highest BCUT2D eigenvalue weighted by Crippen LogP contribution is 1.71. The summed E-state index contributed by atoms with van der Waals surface area (Å²) in [6.07, 6.45) is 0. The van der Waals surface area contributed by atoms with Gasteiger partial charge in [-0.2, -0.15) is 0 Å². The smallest absolute Gasteiger partial charge is 0.0700 e. The van der Waals surface area contributed by atoms with Gasteiger partial charge in [0.05, 0.1) is 19.8 Å². The minimum Gasteiger partial charge on any atom is -0.382 e. The molecule has 0 heterocycles. The van der Waals surface area contributed by atoms with Crippen LogP contribution < -0.4 is 5.73 Å². The first kappa shape index (κ1) is 14.4. The summed E-state index contributed by atoms with van der Waals surface area (Å²) >= 11 is 0. The number of ether oxygens (including phenoxy) is 2. The first-order valence-corrected chi connectivity index (χ1v) is 4.02. The standard InChI is InChI=1S/C5H13NO2.C3H9N/c1-7-4-5-8-3-2-6;1-4(2)3/h2-6H2,1H3;1-3H3. The molecule has 0 saturated carbocycles. The number of methoxy groups -OCH3 is 1. The fraction of sp³-hybridized carbons (Fsp3) is 1.00. The van der Waals surface area contributed by atoms with Crippen molar-refractivity contribution >= 4 is 0 Å².